The molecule has 0 aliphatic rings. The van der Waals surface area contributed by atoms with Gasteiger partial charge in [-0.05, 0) is 25.1 Å². The third kappa shape index (κ3) is 3.20. The molecule has 0 bridgehead atoms. The fourth-order valence-corrected chi connectivity index (χ4v) is 1.10. The Morgan fingerprint density at radius 3 is 2.35 bits per heavy atom. The van der Waals surface area contributed by atoms with Gasteiger partial charge in [0.05, 0.1) is 5.56 Å². The lowest BCUT2D eigenvalue weighted by atomic mass is 10.1. The van der Waals surface area contributed by atoms with E-state index in [0.29, 0.717) is 0 Å². The molecule has 0 saturated heterocycles. The molecule has 0 heterocycles. The molecule has 0 aliphatic carbocycles. The number of alkyl halides is 3. The summed E-state index contributed by atoms with van der Waals surface area (Å²) in [6.45, 7) is 1.14. The molecule has 7 heteroatoms. The van der Waals surface area contributed by atoms with Crippen LogP contribution < -0.4 is 5.32 Å². The van der Waals surface area contributed by atoms with Crippen molar-refractivity contribution in [1.82, 2.24) is 0 Å². The van der Waals surface area contributed by atoms with Crippen LogP contribution in [0.15, 0.2) is 18.2 Å². The molecule has 1 rings (SSSR count). The van der Waals surface area contributed by atoms with E-state index in [0.717, 1.165) is 25.1 Å². The molecule has 17 heavy (non-hydrogen) atoms. The minimum atomic E-state index is -5.01. The number of carbonyl (C=O) groups excluding carboxylic acids is 2. The Kier molecular flexibility index (Phi) is 3.40. The maximum Gasteiger partial charge on any atom is 0.471 e. The van der Waals surface area contributed by atoms with Crippen molar-refractivity contribution in [3.8, 4) is 5.75 Å². The van der Waals surface area contributed by atoms with Crippen LogP contribution in [-0.4, -0.2) is 23.0 Å². The van der Waals surface area contributed by atoms with Gasteiger partial charge in [0.1, 0.15) is 5.75 Å². The van der Waals surface area contributed by atoms with E-state index in [-0.39, 0.29) is 17.0 Å². The SMILES string of the molecule is CC(=O)c1cc(NC(=O)C(F)(F)F)ccc1O. The van der Waals surface area contributed by atoms with Crippen LogP contribution in [0.25, 0.3) is 0 Å². The average molecular weight is 247 g/mol. The number of phenolic OH excluding ortho intramolecular Hbond substituents is 1. The molecule has 0 unspecified atom stereocenters. The van der Waals surface area contributed by atoms with Crippen molar-refractivity contribution in [2.45, 2.75) is 13.1 Å². The Labute approximate surface area is 94.1 Å². The van der Waals surface area contributed by atoms with Crippen LogP contribution in [0.3, 0.4) is 0 Å². The summed E-state index contributed by atoms with van der Waals surface area (Å²) in [5, 5.41) is 10.8. The first-order valence-corrected chi connectivity index (χ1v) is 4.44. The first kappa shape index (κ1) is 13.0. The molecule has 1 amide bonds. The quantitative estimate of drug-likeness (QED) is 0.621. The highest BCUT2D eigenvalue weighted by Crippen LogP contribution is 2.24. The molecule has 0 aromatic heterocycles. The second kappa shape index (κ2) is 4.44. The lowest BCUT2D eigenvalue weighted by Gasteiger charge is -2.09. The molecule has 1 aromatic carbocycles. The predicted molar refractivity (Wildman–Crippen MR) is 52.8 cm³/mol. The van der Waals surface area contributed by atoms with Gasteiger partial charge in [-0.15, -0.1) is 0 Å². The predicted octanol–water partition coefficient (Wildman–Crippen LogP) is 2.10. The number of hydrogen-bond acceptors (Lipinski definition) is 3. The summed E-state index contributed by atoms with van der Waals surface area (Å²) in [6.07, 6.45) is -5.01. The third-order valence-electron chi connectivity index (χ3n) is 1.89. The zero-order chi connectivity index (χ0) is 13.2. The third-order valence-corrected chi connectivity index (χ3v) is 1.89. The summed E-state index contributed by atoms with van der Waals surface area (Å²) < 4.78 is 35.8. The maximum atomic E-state index is 11.9. The van der Waals surface area contributed by atoms with Crippen LogP contribution in [-0.2, 0) is 4.79 Å². The van der Waals surface area contributed by atoms with Gasteiger partial charge in [-0.25, -0.2) is 0 Å². The molecule has 1 aromatic rings. The average Bonchev–Trinajstić information content (AvgIpc) is 2.19. The molecule has 0 aliphatic heterocycles. The number of phenols is 1. The van der Waals surface area contributed by atoms with Crippen LogP contribution in [0.2, 0.25) is 0 Å². The fourth-order valence-electron chi connectivity index (χ4n) is 1.10. The number of Topliss-reactive ketones (excluding diaryl/α,β-unsaturated/α-hetero) is 1. The Balaban J connectivity index is 2.98. The van der Waals surface area contributed by atoms with Crippen LogP contribution in [0, 0.1) is 0 Å². The Morgan fingerprint density at radius 1 is 1.29 bits per heavy atom. The lowest BCUT2D eigenvalue weighted by molar-refractivity contribution is -0.167. The minimum absolute atomic E-state index is 0.162. The van der Waals surface area contributed by atoms with E-state index < -0.39 is 17.9 Å². The van der Waals surface area contributed by atoms with Gasteiger partial charge in [0, 0.05) is 5.69 Å². The van der Waals surface area contributed by atoms with Crippen molar-refractivity contribution < 1.29 is 27.9 Å². The Morgan fingerprint density at radius 2 is 1.88 bits per heavy atom. The summed E-state index contributed by atoms with van der Waals surface area (Å²) in [5.74, 6) is -3.02. The van der Waals surface area contributed by atoms with Crippen LogP contribution >= 0.6 is 0 Å². The first-order chi connectivity index (χ1) is 7.71. The van der Waals surface area contributed by atoms with Crippen LogP contribution in [0.5, 0.6) is 5.75 Å². The smallest absolute Gasteiger partial charge is 0.471 e. The van der Waals surface area contributed by atoms with E-state index in [9.17, 15) is 27.9 Å². The van der Waals surface area contributed by atoms with E-state index >= 15 is 0 Å². The first-order valence-electron chi connectivity index (χ1n) is 4.44. The number of hydrogen-bond donors (Lipinski definition) is 2. The molecule has 2 N–H and O–H groups in total. The number of benzene rings is 1. The number of rotatable bonds is 2. The summed E-state index contributed by atoms with van der Waals surface area (Å²) >= 11 is 0. The van der Waals surface area contributed by atoms with Gasteiger partial charge in [0.25, 0.3) is 0 Å². The van der Waals surface area contributed by atoms with Gasteiger partial charge >= 0.3 is 12.1 Å². The summed E-state index contributed by atoms with van der Waals surface area (Å²) in [4.78, 5) is 21.6. The molecule has 0 atom stereocenters. The number of nitrogens with one attached hydrogen (secondary N) is 1. The zero-order valence-electron chi connectivity index (χ0n) is 8.63. The molecule has 92 valence electrons. The van der Waals surface area contributed by atoms with Gasteiger partial charge in [0.15, 0.2) is 5.78 Å². The standard InChI is InChI=1S/C10H8F3NO3/c1-5(15)7-4-6(2-3-8(7)16)14-9(17)10(11,12)13/h2-4,16H,1H3,(H,14,17). The van der Waals surface area contributed by atoms with Crippen molar-refractivity contribution in [1.29, 1.82) is 0 Å². The maximum absolute atomic E-state index is 11.9. The summed E-state index contributed by atoms with van der Waals surface area (Å²) in [7, 11) is 0. The molecule has 0 spiro atoms. The van der Waals surface area contributed by atoms with Crippen molar-refractivity contribution in [3.63, 3.8) is 0 Å². The summed E-state index contributed by atoms with van der Waals surface area (Å²) in [5.41, 5.74) is -0.375. The highest BCUT2D eigenvalue weighted by atomic mass is 19.4. The van der Waals surface area contributed by atoms with Crippen molar-refractivity contribution in [2.24, 2.45) is 0 Å². The van der Waals surface area contributed by atoms with E-state index in [1.807, 2.05) is 0 Å². The molecular weight excluding hydrogens is 239 g/mol. The van der Waals surface area contributed by atoms with Crippen molar-refractivity contribution in [3.05, 3.63) is 23.8 Å². The van der Waals surface area contributed by atoms with Gasteiger partial charge < -0.3 is 10.4 Å². The summed E-state index contributed by atoms with van der Waals surface area (Å²) in [6, 6.07) is 3.06. The zero-order valence-corrected chi connectivity index (χ0v) is 8.63. The second-order valence-corrected chi connectivity index (χ2v) is 3.24. The molecular formula is C10H8F3NO3. The number of amides is 1. The molecule has 0 saturated carbocycles. The highest BCUT2D eigenvalue weighted by Gasteiger charge is 2.38. The van der Waals surface area contributed by atoms with Crippen molar-refractivity contribution >= 4 is 17.4 Å². The van der Waals surface area contributed by atoms with Crippen LogP contribution in [0.4, 0.5) is 18.9 Å². The number of carbonyl (C=O) groups is 2. The van der Waals surface area contributed by atoms with Crippen molar-refractivity contribution in [2.75, 3.05) is 5.32 Å². The van der Waals surface area contributed by atoms with E-state index in [1.165, 1.54) is 0 Å². The van der Waals surface area contributed by atoms with Crippen LogP contribution in [0.1, 0.15) is 17.3 Å². The van der Waals surface area contributed by atoms with Gasteiger partial charge in [0.2, 0.25) is 0 Å². The molecule has 0 radical (unpaired) electrons. The van der Waals surface area contributed by atoms with Gasteiger partial charge in [-0.1, -0.05) is 0 Å². The van der Waals surface area contributed by atoms with Gasteiger partial charge in [-0.3, -0.25) is 9.59 Å². The minimum Gasteiger partial charge on any atom is -0.507 e. The van der Waals surface area contributed by atoms with E-state index in [4.69, 9.17) is 0 Å². The fraction of sp³-hybridized carbons (Fsp3) is 0.200. The highest BCUT2D eigenvalue weighted by molar-refractivity contribution is 6.00. The molecule has 4 nitrogen and oxygen atoms in total. The number of halogens is 3. The number of aromatic hydroxyl groups is 1. The van der Waals surface area contributed by atoms with E-state index in [2.05, 4.69) is 0 Å². The second-order valence-electron chi connectivity index (χ2n) is 3.24. The Bertz CT molecular complexity index is 468. The van der Waals surface area contributed by atoms with Gasteiger partial charge in [-0.2, -0.15) is 13.2 Å². The lowest BCUT2D eigenvalue weighted by Crippen LogP contribution is -2.29. The largest absolute Gasteiger partial charge is 0.507 e. The normalized spacial score (nSPS) is 11.1. The number of anilines is 1. The topological polar surface area (TPSA) is 66.4 Å². The molecule has 0 fully saturated rings. The monoisotopic (exact) mass is 247 g/mol. The van der Waals surface area contributed by atoms with E-state index in [1.54, 1.807) is 5.32 Å². The Hall–Kier alpha value is -2.05. The number of ketones is 1.